The molecule has 0 bridgehead atoms. The molecule has 2 rings (SSSR count). The van der Waals surface area contributed by atoms with Crippen molar-refractivity contribution in [1.82, 2.24) is 5.32 Å². The van der Waals surface area contributed by atoms with Gasteiger partial charge in [0.25, 0.3) is 5.91 Å². The Balaban J connectivity index is 1.97. The van der Waals surface area contributed by atoms with E-state index < -0.39 is 5.97 Å². The molecular formula is C17H21NO4. The van der Waals surface area contributed by atoms with Crippen LogP contribution in [0.1, 0.15) is 42.8 Å². The molecule has 5 heteroatoms. The van der Waals surface area contributed by atoms with Crippen molar-refractivity contribution in [3.8, 4) is 0 Å². The second kappa shape index (κ2) is 7.11. The van der Waals surface area contributed by atoms with Crippen LogP contribution < -0.4 is 5.32 Å². The van der Waals surface area contributed by atoms with Gasteiger partial charge in [-0.15, -0.1) is 0 Å². The summed E-state index contributed by atoms with van der Waals surface area (Å²) in [5.41, 5.74) is 1.35. The van der Waals surface area contributed by atoms with E-state index in [4.69, 9.17) is 9.15 Å². The van der Waals surface area contributed by atoms with Gasteiger partial charge in [-0.25, -0.2) is 4.79 Å². The Labute approximate surface area is 129 Å². The molecule has 0 unspecified atom stereocenters. The molecule has 1 N–H and O–H groups in total. The maximum atomic E-state index is 12.1. The molecule has 1 amide bonds. The average Bonchev–Trinajstić information content (AvgIpc) is 2.83. The van der Waals surface area contributed by atoms with E-state index in [0.29, 0.717) is 5.58 Å². The standard InChI is InChI=1S/C17H21NO4/c1-4-7-11(2)18-15(19)10-21-17(20)16-12(3)13-8-5-6-9-14(13)22-16/h5-6,8-9,11H,4,7,10H2,1-3H3,(H,18,19)/t11-/m1/s1. The summed E-state index contributed by atoms with van der Waals surface area (Å²) < 4.78 is 10.5. The third-order valence-corrected chi connectivity index (χ3v) is 3.49. The highest BCUT2D eigenvalue weighted by Gasteiger charge is 2.20. The molecule has 1 atom stereocenters. The Hall–Kier alpha value is -2.30. The van der Waals surface area contributed by atoms with Gasteiger partial charge in [0, 0.05) is 17.0 Å². The van der Waals surface area contributed by atoms with Crippen LogP contribution in [0.15, 0.2) is 28.7 Å². The zero-order valence-corrected chi connectivity index (χ0v) is 13.1. The monoisotopic (exact) mass is 303 g/mol. The number of nitrogens with one attached hydrogen (secondary N) is 1. The maximum Gasteiger partial charge on any atom is 0.375 e. The van der Waals surface area contributed by atoms with Gasteiger partial charge in [-0.2, -0.15) is 0 Å². The normalized spacial score (nSPS) is 12.1. The van der Waals surface area contributed by atoms with Crippen molar-refractivity contribution in [3.63, 3.8) is 0 Å². The first-order valence-corrected chi connectivity index (χ1v) is 7.47. The topological polar surface area (TPSA) is 68.5 Å². The zero-order chi connectivity index (χ0) is 16.1. The average molecular weight is 303 g/mol. The summed E-state index contributed by atoms with van der Waals surface area (Å²) >= 11 is 0. The largest absolute Gasteiger partial charge is 0.450 e. The van der Waals surface area contributed by atoms with Crippen LogP contribution in [-0.2, 0) is 9.53 Å². The number of amides is 1. The predicted molar refractivity (Wildman–Crippen MR) is 83.7 cm³/mol. The summed E-state index contributed by atoms with van der Waals surface area (Å²) in [6.07, 6.45) is 1.88. The van der Waals surface area contributed by atoms with Crippen LogP contribution in [0.2, 0.25) is 0 Å². The third kappa shape index (κ3) is 3.67. The number of hydrogen-bond acceptors (Lipinski definition) is 4. The number of carbonyl (C=O) groups excluding carboxylic acids is 2. The van der Waals surface area contributed by atoms with Crippen molar-refractivity contribution in [1.29, 1.82) is 0 Å². The number of hydrogen-bond donors (Lipinski definition) is 1. The van der Waals surface area contributed by atoms with Crippen LogP contribution >= 0.6 is 0 Å². The summed E-state index contributed by atoms with van der Waals surface area (Å²) in [6.45, 7) is 5.47. The van der Waals surface area contributed by atoms with E-state index in [1.165, 1.54) is 0 Å². The number of para-hydroxylation sites is 1. The van der Waals surface area contributed by atoms with Gasteiger partial charge < -0.3 is 14.5 Å². The molecule has 5 nitrogen and oxygen atoms in total. The fourth-order valence-corrected chi connectivity index (χ4v) is 2.39. The highest BCUT2D eigenvalue weighted by Crippen LogP contribution is 2.25. The summed E-state index contributed by atoms with van der Waals surface area (Å²) in [5.74, 6) is -0.773. The molecule has 0 fully saturated rings. The summed E-state index contributed by atoms with van der Waals surface area (Å²) in [4.78, 5) is 23.8. The quantitative estimate of drug-likeness (QED) is 0.832. The Morgan fingerprint density at radius 1 is 1.32 bits per heavy atom. The number of aryl methyl sites for hydroxylation is 1. The zero-order valence-electron chi connectivity index (χ0n) is 13.1. The Morgan fingerprint density at radius 3 is 2.73 bits per heavy atom. The first-order chi connectivity index (χ1) is 10.5. The van der Waals surface area contributed by atoms with E-state index in [2.05, 4.69) is 5.32 Å². The van der Waals surface area contributed by atoms with Crippen molar-refractivity contribution < 1.29 is 18.7 Å². The lowest BCUT2D eigenvalue weighted by Crippen LogP contribution is -2.35. The Morgan fingerprint density at radius 2 is 2.05 bits per heavy atom. The highest BCUT2D eigenvalue weighted by atomic mass is 16.5. The molecule has 22 heavy (non-hydrogen) atoms. The molecule has 118 valence electrons. The van der Waals surface area contributed by atoms with Crippen molar-refractivity contribution >= 4 is 22.8 Å². The maximum absolute atomic E-state index is 12.1. The second-order valence-electron chi connectivity index (χ2n) is 5.39. The van der Waals surface area contributed by atoms with Crippen LogP contribution in [0, 0.1) is 6.92 Å². The molecule has 0 aliphatic carbocycles. The number of benzene rings is 1. The molecule has 0 radical (unpaired) electrons. The first kappa shape index (κ1) is 16.1. The van der Waals surface area contributed by atoms with Crippen molar-refractivity contribution in [2.45, 2.75) is 39.7 Å². The van der Waals surface area contributed by atoms with Crippen LogP contribution in [-0.4, -0.2) is 24.5 Å². The van der Waals surface area contributed by atoms with Crippen molar-refractivity contribution in [3.05, 3.63) is 35.6 Å². The molecule has 1 heterocycles. The molecule has 1 aromatic heterocycles. The second-order valence-corrected chi connectivity index (χ2v) is 5.39. The smallest absolute Gasteiger partial charge is 0.375 e. The molecule has 0 saturated carbocycles. The van der Waals surface area contributed by atoms with Gasteiger partial charge in [0.1, 0.15) is 5.58 Å². The molecule has 0 saturated heterocycles. The number of ether oxygens (including phenoxy) is 1. The number of furan rings is 1. The van der Waals surface area contributed by atoms with Gasteiger partial charge in [-0.05, 0) is 26.3 Å². The van der Waals surface area contributed by atoms with Crippen LogP contribution in [0.25, 0.3) is 11.0 Å². The van der Waals surface area contributed by atoms with E-state index in [1.54, 1.807) is 13.0 Å². The van der Waals surface area contributed by atoms with E-state index >= 15 is 0 Å². The van der Waals surface area contributed by atoms with E-state index in [-0.39, 0.29) is 24.3 Å². The van der Waals surface area contributed by atoms with Crippen LogP contribution in [0.5, 0.6) is 0 Å². The predicted octanol–water partition coefficient (Wildman–Crippen LogP) is 3.20. The SMILES string of the molecule is CCC[C@@H](C)NC(=O)COC(=O)c1oc2ccccc2c1C. The van der Waals surface area contributed by atoms with Crippen molar-refractivity contribution in [2.24, 2.45) is 0 Å². The minimum atomic E-state index is -0.619. The molecule has 0 aliphatic heterocycles. The molecular weight excluding hydrogens is 282 g/mol. The summed E-state index contributed by atoms with van der Waals surface area (Å²) in [7, 11) is 0. The summed E-state index contributed by atoms with van der Waals surface area (Å²) in [5, 5.41) is 3.65. The van der Waals surface area contributed by atoms with Crippen LogP contribution in [0.3, 0.4) is 0 Å². The molecule has 0 aliphatic rings. The lowest BCUT2D eigenvalue weighted by Gasteiger charge is -2.12. The van der Waals surface area contributed by atoms with Crippen LogP contribution in [0.4, 0.5) is 0 Å². The van der Waals surface area contributed by atoms with Gasteiger partial charge in [0.05, 0.1) is 0 Å². The minimum Gasteiger partial charge on any atom is -0.450 e. The van der Waals surface area contributed by atoms with Gasteiger partial charge in [0.15, 0.2) is 6.61 Å². The minimum absolute atomic E-state index is 0.0733. The number of carbonyl (C=O) groups is 2. The van der Waals surface area contributed by atoms with Gasteiger partial charge in [-0.3, -0.25) is 4.79 Å². The Bertz CT molecular complexity index is 674. The third-order valence-electron chi connectivity index (χ3n) is 3.49. The first-order valence-electron chi connectivity index (χ1n) is 7.47. The highest BCUT2D eigenvalue weighted by molar-refractivity contribution is 5.96. The fourth-order valence-electron chi connectivity index (χ4n) is 2.39. The fraction of sp³-hybridized carbons (Fsp3) is 0.412. The number of fused-ring (bicyclic) bond motifs is 1. The van der Waals surface area contributed by atoms with Gasteiger partial charge >= 0.3 is 5.97 Å². The lowest BCUT2D eigenvalue weighted by molar-refractivity contribution is -0.124. The van der Waals surface area contributed by atoms with Gasteiger partial charge in [-0.1, -0.05) is 31.5 Å². The lowest BCUT2D eigenvalue weighted by atomic mass is 10.1. The van der Waals surface area contributed by atoms with E-state index in [0.717, 1.165) is 23.8 Å². The number of rotatable bonds is 6. The molecule has 0 spiro atoms. The summed E-state index contributed by atoms with van der Waals surface area (Å²) in [6, 6.07) is 7.46. The number of esters is 1. The molecule has 1 aromatic carbocycles. The Kier molecular flexibility index (Phi) is 5.20. The van der Waals surface area contributed by atoms with Gasteiger partial charge in [0.2, 0.25) is 5.76 Å². The van der Waals surface area contributed by atoms with E-state index in [9.17, 15) is 9.59 Å². The molecule has 2 aromatic rings. The van der Waals surface area contributed by atoms with E-state index in [1.807, 2.05) is 32.0 Å². The van der Waals surface area contributed by atoms with Crippen molar-refractivity contribution in [2.75, 3.05) is 6.61 Å².